The van der Waals surface area contributed by atoms with Crippen LogP contribution in [0.1, 0.15) is 54.1 Å². The van der Waals surface area contributed by atoms with Crippen LogP contribution in [0.4, 0.5) is 0 Å². The zero-order valence-corrected chi connectivity index (χ0v) is 18.9. The molecule has 0 aliphatic carbocycles. The summed E-state index contributed by atoms with van der Waals surface area (Å²) in [7, 11) is 0. The largest absolute Gasteiger partial charge is 0.341 e. The molecule has 0 amide bonds. The van der Waals surface area contributed by atoms with Gasteiger partial charge in [-0.25, -0.2) is 0 Å². The van der Waals surface area contributed by atoms with E-state index in [-0.39, 0.29) is 12.1 Å². The van der Waals surface area contributed by atoms with Crippen molar-refractivity contribution in [3.05, 3.63) is 82.9 Å². The number of pyridine rings is 1. The fourth-order valence-corrected chi connectivity index (χ4v) is 6.03. The number of rotatable bonds is 4. The first-order chi connectivity index (χ1) is 14.6. The van der Waals surface area contributed by atoms with E-state index in [1.54, 1.807) is 0 Å². The molecule has 5 heteroatoms. The number of nitrogens with zero attached hydrogens (tertiary/aromatic N) is 4. The minimum absolute atomic E-state index is 0.0385. The van der Waals surface area contributed by atoms with Crippen molar-refractivity contribution >= 4 is 16.9 Å². The highest BCUT2D eigenvalue weighted by Gasteiger charge is 2.44. The molecule has 0 unspecified atom stereocenters. The molecule has 0 bridgehead atoms. The molecule has 4 nitrogen and oxygen atoms in total. The van der Waals surface area contributed by atoms with Crippen LogP contribution < -0.4 is 0 Å². The molecule has 1 fully saturated rings. The van der Waals surface area contributed by atoms with Crippen molar-refractivity contribution in [2.24, 2.45) is 4.99 Å². The van der Waals surface area contributed by atoms with Crippen molar-refractivity contribution in [2.45, 2.75) is 51.4 Å². The van der Waals surface area contributed by atoms with Gasteiger partial charge in [0.1, 0.15) is 6.04 Å². The number of amidine groups is 1. The average molecular weight is 417 g/mol. The van der Waals surface area contributed by atoms with Gasteiger partial charge < -0.3 is 9.47 Å². The molecule has 30 heavy (non-hydrogen) atoms. The minimum Gasteiger partial charge on any atom is -0.341 e. The summed E-state index contributed by atoms with van der Waals surface area (Å²) < 4.78 is 2.42. The summed E-state index contributed by atoms with van der Waals surface area (Å²) in [5.74, 6) is 0. The predicted octanol–water partition coefficient (Wildman–Crippen LogP) is 5.64. The summed E-state index contributed by atoms with van der Waals surface area (Å²) in [4.78, 5) is 12.3. The van der Waals surface area contributed by atoms with Crippen LogP contribution in [0.2, 0.25) is 0 Å². The molecule has 1 saturated heterocycles. The van der Waals surface area contributed by atoms with E-state index in [1.165, 1.54) is 33.4 Å². The Morgan fingerprint density at radius 3 is 2.67 bits per heavy atom. The lowest BCUT2D eigenvalue weighted by Gasteiger charge is -2.27. The number of fused-ring (bicyclic) bond motifs is 1. The predicted molar refractivity (Wildman–Crippen MR) is 126 cm³/mol. The van der Waals surface area contributed by atoms with Crippen LogP contribution in [-0.4, -0.2) is 31.4 Å². The Kier molecular flexibility index (Phi) is 4.94. The first-order valence-electron chi connectivity index (χ1n) is 10.8. The van der Waals surface area contributed by atoms with E-state index in [1.807, 2.05) is 24.0 Å². The molecular formula is C25H28N4S. The molecule has 0 spiro atoms. The topological polar surface area (TPSA) is 33.4 Å². The van der Waals surface area contributed by atoms with Gasteiger partial charge in [-0.3, -0.25) is 9.98 Å². The quantitative estimate of drug-likeness (QED) is 0.552. The summed E-state index contributed by atoms with van der Waals surface area (Å²) in [6.07, 6.45) is 2.91. The SMILES string of the molecule is CCc1ccccc1-n1c(C)cc([C@@H]2[C@H](c3ccccn3)N=C3S[C@H](C)CN32)c1C. The van der Waals surface area contributed by atoms with Gasteiger partial charge in [-0.15, -0.1) is 0 Å². The average Bonchev–Trinajstić information content (AvgIpc) is 3.38. The van der Waals surface area contributed by atoms with E-state index >= 15 is 0 Å². The number of aromatic nitrogens is 2. The van der Waals surface area contributed by atoms with Crippen LogP contribution in [0.5, 0.6) is 0 Å². The van der Waals surface area contributed by atoms with Crippen molar-refractivity contribution in [3.63, 3.8) is 0 Å². The van der Waals surface area contributed by atoms with Gasteiger partial charge in [0.05, 0.1) is 11.7 Å². The Bertz CT molecular complexity index is 1100. The van der Waals surface area contributed by atoms with E-state index in [0.717, 1.165) is 18.7 Å². The number of thioether (sulfide) groups is 1. The normalized spacial score (nSPS) is 23.0. The number of hydrogen-bond acceptors (Lipinski definition) is 4. The van der Waals surface area contributed by atoms with Crippen molar-refractivity contribution in [1.29, 1.82) is 0 Å². The third kappa shape index (κ3) is 3.07. The van der Waals surface area contributed by atoms with E-state index < -0.39 is 0 Å². The van der Waals surface area contributed by atoms with Crippen LogP contribution in [0.25, 0.3) is 5.69 Å². The molecule has 0 radical (unpaired) electrons. The molecular weight excluding hydrogens is 388 g/mol. The fourth-order valence-electron chi connectivity index (χ4n) is 4.94. The molecule has 5 rings (SSSR count). The standard InChI is InChI=1S/C25H28N4S/c1-5-19-10-6-7-12-22(19)29-16(2)14-20(18(29)4)24-23(21-11-8-9-13-26-21)27-25-28(24)15-17(3)30-25/h6-14,17,23-24H,5,15H2,1-4H3/t17-,23+,24-/m1/s1. The minimum atomic E-state index is 0.0385. The molecule has 1 aromatic carbocycles. The van der Waals surface area contributed by atoms with Gasteiger partial charge in [-0.05, 0) is 55.7 Å². The summed E-state index contributed by atoms with van der Waals surface area (Å²) in [6, 6.07) is 17.5. The van der Waals surface area contributed by atoms with Crippen LogP contribution in [0.3, 0.4) is 0 Å². The molecule has 3 atom stereocenters. The smallest absolute Gasteiger partial charge is 0.160 e. The lowest BCUT2D eigenvalue weighted by Crippen LogP contribution is -2.29. The Morgan fingerprint density at radius 2 is 1.90 bits per heavy atom. The molecule has 2 aliphatic rings. The Balaban J connectivity index is 1.64. The molecule has 0 saturated carbocycles. The van der Waals surface area contributed by atoms with Gasteiger partial charge in [0.25, 0.3) is 0 Å². The number of para-hydroxylation sites is 1. The number of aryl methyl sites for hydroxylation is 2. The Hall–Kier alpha value is -2.53. The molecule has 2 aromatic heterocycles. The van der Waals surface area contributed by atoms with Crippen molar-refractivity contribution in [1.82, 2.24) is 14.5 Å². The maximum atomic E-state index is 5.15. The van der Waals surface area contributed by atoms with E-state index in [9.17, 15) is 0 Å². The van der Waals surface area contributed by atoms with Crippen LogP contribution in [0, 0.1) is 13.8 Å². The summed E-state index contributed by atoms with van der Waals surface area (Å²) >= 11 is 1.89. The maximum absolute atomic E-state index is 5.15. The van der Waals surface area contributed by atoms with Gasteiger partial charge >= 0.3 is 0 Å². The summed E-state index contributed by atoms with van der Waals surface area (Å²) in [5, 5.41) is 1.74. The molecule has 4 heterocycles. The number of hydrogen-bond donors (Lipinski definition) is 0. The van der Waals surface area contributed by atoms with Crippen molar-refractivity contribution in [2.75, 3.05) is 6.54 Å². The number of benzene rings is 1. The first kappa shape index (κ1) is 19.4. The summed E-state index contributed by atoms with van der Waals surface area (Å²) in [6.45, 7) is 10.0. The second-order valence-electron chi connectivity index (χ2n) is 8.28. The second-order valence-corrected chi connectivity index (χ2v) is 9.69. The van der Waals surface area contributed by atoms with Crippen molar-refractivity contribution < 1.29 is 0 Å². The molecule has 3 aromatic rings. The van der Waals surface area contributed by atoms with Gasteiger partial charge in [0.2, 0.25) is 0 Å². The van der Waals surface area contributed by atoms with Gasteiger partial charge in [-0.1, -0.05) is 49.9 Å². The second kappa shape index (κ2) is 7.62. The van der Waals surface area contributed by atoms with E-state index in [2.05, 4.69) is 84.6 Å². The van der Waals surface area contributed by atoms with Crippen LogP contribution in [-0.2, 0) is 6.42 Å². The van der Waals surface area contributed by atoms with E-state index in [0.29, 0.717) is 5.25 Å². The van der Waals surface area contributed by atoms with Crippen molar-refractivity contribution in [3.8, 4) is 5.69 Å². The first-order valence-corrected chi connectivity index (χ1v) is 11.7. The van der Waals surface area contributed by atoms with E-state index in [4.69, 9.17) is 4.99 Å². The highest BCUT2D eigenvalue weighted by Crippen LogP contribution is 2.49. The third-order valence-corrected chi connectivity index (χ3v) is 7.39. The Labute approximate surface area is 183 Å². The monoisotopic (exact) mass is 416 g/mol. The molecule has 0 N–H and O–H groups in total. The zero-order valence-electron chi connectivity index (χ0n) is 18.0. The third-order valence-electron chi connectivity index (χ3n) is 6.28. The van der Waals surface area contributed by atoms with Gasteiger partial charge in [0, 0.05) is 35.1 Å². The van der Waals surface area contributed by atoms with Gasteiger partial charge in [-0.2, -0.15) is 0 Å². The molecule has 154 valence electrons. The summed E-state index contributed by atoms with van der Waals surface area (Å²) in [5.41, 5.74) is 7.66. The lowest BCUT2D eigenvalue weighted by molar-refractivity contribution is 0.320. The zero-order chi connectivity index (χ0) is 20.8. The maximum Gasteiger partial charge on any atom is 0.160 e. The number of aliphatic imine (C=N–C) groups is 1. The molecule has 2 aliphatic heterocycles. The van der Waals surface area contributed by atoms with Crippen LogP contribution in [0.15, 0.2) is 59.7 Å². The van der Waals surface area contributed by atoms with Crippen LogP contribution >= 0.6 is 11.8 Å². The Morgan fingerprint density at radius 1 is 1.10 bits per heavy atom. The highest BCUT2D eigenvalue weighted by molar-refractivity contribution is 8.14. The fraction of sp³-hybridized carbons (Fsp3) is 0.360. The van der Waals surface area contributed by atoms with Gasteiger partial charge in [0.15, 0.2) is 5.17 Å². The highest BCUT2D eigenvalue weighted by atomic mass is 32.2. The lowest BCUT2D eigenvalue weighted by atomic mass is 9.96.